The zero-order chi connectivity index (χ0) is 17.7. The molecule has 0 radical (unpaired) electrons. The van der Waals surface area contributed by atoms with Crippen molar-refractivity contribution in [1.82, 2.24) is 0 Å². The summed E-state index contributed by atoms with van der Waals surface area (Å²) in [6.45, 7) is -0.684. The summed E-state index contributed by atoms with van der Waals surface area (Å²) in [5.41, 5.74) is -0.122. The lowest BCUT2D eigenvalue weighted by Crippen LogP contribution is -2.15. The molecule has 0 spiro atoms. The van der Waals surface area contributed by atoms with E-state index in [2.05, 4.69) is 0 Å². The fraction of sp³-hybridized carbons (Fsp3) is 0.235. The van der Waals surface area contributed by atoms with Crippen molar-refractivity contribution in [2.24, 2.45) is 0 Å². The van der Waals surface area contributed by atoms with Crippen molar-refractivity contribution in [1.29, 1.82) is 0 Å². The van der Waals surface area contributed by atoms with Gasteiger partial charge in [0.15, 0.2) is 17.4 Å². The molecule has 0 bridgehead atoms. The van der Waals surface area contributed by atoms with Crippen molar-refractivity contribution in [3.05, 3.63) is 68.0 Å². The zero-order valence-corrected chi connectivity index (χ0v) is 14.6. The first-order chi connectivity index (χ1) is 11.4. The van der Waals surface area contributed by atoms with Gasteiger partial charge in [-0.15, -0.1) is 0 Å². The third-order valence-corrected chi connectivity index (χ3v) is 4.02. The number of hydrogen-bond acceptors (Lipinski definition) is 3. The van der Waals surface area contributed by atoms with E-state index in [0.29, 0.717) is 3.57 Å². The van der Waals surface area contributed by atoms with E-state index >= 15 is 0 Å². The molecule has 0 amide bonds. The number of carbonyl (C=O) groups excluding carboxylic acids is 1. The molecule has 2 rings (SSSR count). The summed E-state index contributed by atoms with van der Waals surface area (Å²) < 4.78 is 47.3. The quantitative estimate of drug-likeness (QED) is 0.399. The van der Waals surface area contributed by atoms with Gasteiger partial charge in [0.05, 0.1) is 13.2 Å². The van der Waals surface area contributed by atoms with E-state index in [1.165, 1.54) is 12.1 Å². The first-order valence-corrected chi connectivity index (χ1v) is 8.14. The fourth-order valence-corrected chi connectivity index (χ4v) is 2.64. The Balaban J connectivity index is 2.36. The SMILES string of the molecule is O=C(COCCO)c1ccc(F)c(F)c1Cc1ccc(I)cc1F. The molecule has 0 aliphatic rings. The van der Waals surface area contributed by atoms with Crippen LogP contribution in [0, 0.1) is 21.0 Å². The molecule has 7 heteroatoms. The van der Waals surface area contributed by atoms with Crippen LogP contribution >= 0.6 is 22.6 Å². The van der Waals surface area contributed by atoms with Crippen LogP contribution in [0.5, 0.6) is 0 Å². The van der Waals surface area contributed by atoms with E-state index in [1.807, 2.05) is 22.6 Å². The molecule has 0 atom stereocenters. The summed E-state index contributed by atoms with van der Waals surface area (Å²) in [5.74, 6) is -3.41. The molecule has 0 aliphatic heterocycles. The molecule has 3 nitrogen and oxygen atoms in total. The number of benzene rings is 2. The van der Waals surface area contributed by atoms with Crippen molar-refractivity contribution in [2.45, 2.75) is 6.42 Å². The van der Waals surface area contributed by atoms with E-state index < -0.39 is 23.2 Å². The van der Waals surface area contributed by atoms with Crippen LogP contribution in [0.15, 0.2) is 30.3 Å². The smallest absolute Gasteiger partial charge is 0.188 e. The number of rotatable bonds is 7. The van der Waals surface area contributed by atoms with E-state index in [9.17, 15) is 18.0 Å². The summed E-state index contributed by atoms with van der Waals surface area (Å²) in [6, 6.07) is 6.39. The zero-order valence-electron chi connectivity index (χ0n) is 12.5. The molecular formula is C17H14F3IO3. The molecule has 0 heterocycles. The van der Waals surface area contributed by atoms with Gasteiger partial charge >= 0.3 is 0 Å². The van der Waals surface area contributed by atoms with Crippen LogP contribution in [-0.4, -0.2) is 30.7 Å². The number of halogens is 4. The van der Waals surface area contributed by atoms with Gasteiger partial charge in [0.25, 0.3) is 0 Å². The van der Waals surface area contributed by atoms with E-state index in [4.69, 9.17) is 9.84 Å². The number of ketones is 1. The third kappa shape index (κ3) is 4.55. The Morgan fingerprint density at radius 3 is 2.54 bits per heavy atom. The van der Waals surface area contributed by atoms with Crippen LogP contribution in [0.4, 0.5) is 13.2 Å². The summed E-state index contributed by atoms with van der Waals surface area (Å²) in [5, 5.41) is 8.64. The van der Waals surface area contributed by atoms with Gasteiger partial charge in [0.1, 0.15) is 12.4 Å². The second kappa shape index (κ2) is 8.59. The molecule has 2 aromatic carbocycles. The monoisotopic (exact) mass is 450 g/mol. The molecular weight excluding hydrogens is 436 g/mol. The molecule has 0 aromatic heterocycles. The lowest BCUT2D eigenvalue weighted by Gasteiger charge is -2.12. The van der Waals surface area contributed by atoms with Crippen LogP contribution in [-0.2, 0) is 11.2 Å². The van der Waals surface area contributed by atoms with Gasteiger partial charge in [-0.25, -0.2) is 13.2 Å². The molecule has 0 saturated carbocycles. The predicted octanol–water partition coefficient (Wildman–Crippen LogP) is 3.49. The Morgan fingerprint density at radius 1 is 1.12 bits per heavy atom. The molecule has 128 valence electrons. The van der Waals surface area contributed by atoms with Gasteiger partial charge < -0.3 is 9.84 Å². The van der Waals surface area contributed by atoms with Crippen LogP contribution in [0.25, 0.3) is 0 Å². The average Bonchev–Trinajstić information content (AvgIpc) is 2.54. The molecule has 0 fully saturated rings. The van der Waals surface area contributed by atoms with Gasteiger partial charge in [-0.2, -0.15) is 0 Å². The average molecular weight is 450 g/mol. The first-order valence-electron chi connectivity index (χ1n) is 7.06. The second-order valence-corrected chi connectivity index (χ2v) is 6.24. The Hall–Kier alpha value is -1.45. The number of aliphatic hydroxyl groups is 1. The Morgan fingerprint density at radius 2 is 1.88 bits per heavy atom. The topological polar surface area (TPSA) is 46.5 Å². The van der Waals surface area contributed by atoms with Crippen LogP contribution in [0.1, 0.15) is 21.5 Å². The summed E-state index contributed by atoms with van der Waals surface area (Å²) in [4.78, 5) is 12.1. The van der Waals surface area contributed by atoms with Crippen molar-refractivity contribution < 1.29 is 27.8 Å². The highest BCUT2D eigenvalue weighted by Gasteiger charge is 2.20. The van der Waals surface area contributed by atoms with Crippen molar-refractivity contribution in [2.75, 3.05) is 19.8 Å². The second-order valence-electron chi connectivity index (χ2n) is 5.00. The Bertz CT molecular complexity index is 750. The molecule has 0 aliphatic carbocycles. The van der Waals surface area contributed by atoms with Crippen LogP contribution < -0.4 is 0 Å². The van der Waals surface area contributed by atoms with Gasteiger partial charge in [0.2, 0.25) is 0 Å². The highest BCUT2D eigenvalue weighted by Crippen LogP contribution is 2.23. The summed E-state index contributed by atoms with van der Waals surface area (Å²) >= 11 is 1.94. The third-order valence-electron chi connectivity index (χ3n) is 3.35. The maximum atomic E-state index is 14.2. The standard InChI is InChI=1S/C17H14F3IO3/c18-14-4-3-12(16(23)9-24-6-5-22)13(17(14)20)7-10-1-2-11(21)8-15(10)19/h1-4,8,22H,5-7,9H2. The van der Waals surface area contributed by atoms with E-state index in [1.54, 1.807) is 6.07 Å². The normalized spacial score (nSPS) is 10.9. The molecule has 0 unspecified atom stereocenters. The highest BCUT2D eigenvalue weighted by atomic mass is 127. The number of ether oxygens (including phenoxy) is 1. The minimum Gasteiger partial charge on any atom is -0.394 e. The van der Waals surface area contributed by atoms with Crippen molar-refractivity contribution in [3.63, 3.8) is 0 Å². The summed E-state index contributed by atoms with van der Waals surface area (Å²) in [6.07, 6.45) is -0.257. The van der Waals surface area contributed by atoms with Gasteiger partial charge in [-0.1, -0.05) is 6.07 Å². The van der Waals surface area contributed by atoms with Gasteiger partial charge in [0, 0.05) is 21.1 Å². The molecule has 2 aromatic rings. The lowest BCUT2D eigenvalue weighted by atomic mass is 9.96. The van der Waals surface area contributed by atoms with Crippen molar-refractivity contribution >= 4 is 28.4 Å². The molecule has 1 N–H and O–H groups in total. The minimum atomic E-state index is -1.18. The Kier molecular flexibility index (Phi) is 6.76. The minimum absolute atomic E-state index is 0.0451. The number of hydrogen-bond donors (Lipinski definition) is 1. The number of Topliss-reactive ketones (excluding diaryl/α,β-unsaturated/α-hetero) is 1. The fourth-order valence-electron chi connectivity index (χ4n) is 2.19. The maximum absolute atomic E-state index is 14.2. The van der Waals surface area contributed by atoms with E-state index in [-0.39, 0.29) is 42.9 Å². The lowest BCUT2D eigenvalue weighted by molar-refractivity contribution is 0.0662. The number of carbonyl (C=O) groups is 1. The first kappa shape index (κ1) is 18.9. The van der Waals surface area contributed by atoms with Gasteiger partial charge in [-0.05, 0) is 52.4 Å². The molecule has 0 saturated heterocycles. The van der Waals surface area contributed by atoms with Crippen molar-refractivity contribution in [3.8, 4) is 0 Å². The van der Waals surface area contributed by atoms with Crippen LogP contribution in [0.3, 0.4) is 0 Å². The maximum Gasteiger partial charge on any atom is 0.188 e. The summed E-state index contributed by atoms with van der Waals surface area (Å²) in [7, 11) is 0. The highest BCUT2D eigenvalue weighted by molar-refractivity contribution is 14.1. The molecule has 24 heavy (non-hydrogen) atoms. The largest absolute Gasteiger partial charge is 0.394 e. The van der Waals surface area contributed by atoms with Gasteiger partial charge in [-0.3, -0.25) is 4.79 Å². The Labute approximate surface area is 150 Å². The number of aliphatic hydroxyl groups excluding tert-OH is 1. The predicted molar refractivity (Wildman–Crippen MR) is 90.5 cm³/mol. The van der Waals surface area contributed by atoms with Crippen LogP contribution in [0.2, 0.25) is 0 Å². The van der Waals surface area contributed by atoms with E-state index in [0.717, 1.165) is 12.1 Å².